The minimum absolute atomic E-state index is 0.0155. The molecule has 2 aliphatic heterocycles. The number of hydrogen-bond acceptors (Lipinski definition) is 5. The van der Waals surface area contributed by atoms with Crippen LogP contribution in [0.1, 0.15) is 18.4 Å². The number of rotatable bonds is 5. The van der Waals surface area contributed by atoms with Gasteiger partial charge in [-0.05, 0) is 48.7 Å². The number of halogens is 2. The Labute approximate surface area is 199 Å². The first-order valence-electron chi connectivity index (χ1n) is 10.7. The molecule has 4 rings (SSSR count). The molecule has 0 saturated carbocycles. The third kappa shape index (κ3) is 5.26. The molecule has 0 spiro atoms. The van der Waals surface area contributed by atoms with E-state index in [2.05, 4.69) is 9.88 Å². The molecular weight excluding hydrogens is 471 g/mol. The van der Waals surface area contributed by atoms with Gasteiger partial charge in [0, 0.05) is 69.1 Å². The summed E-state index contributed by atoms with van der Waals surface area (Å²) in [7, 11) is -3.75. The van der Waals surface area contributed by atoms with Crippen molar-refractivity contribution in [3.63, 3.8) is 0 Å². The second-order valence-electron chi connectivity index (χ2n) is 8.21. The zero-order valence-electron chi connectivity index (χ0n) is 17.7. The predicted octanol–water partition coefficient (Wildman–Crippen LogP) is 3.13. The van der Waals surface area contributed by atoms with Gasteiger partial charge in [0.2, 0.25) is 15.9 Å². The van der Waals surface area contributed by atoms with Crippen LogP contribution in [0.25, 0.3) is 0 Å². The smallest absolute Gasteiger partial charge is 0.244 e. The standard InChI is InChI=1S/C22H26Cl2N4O3S/c23-19-1-2-20(24)21(15-19)32(30,31)28-9-5-18(6-10-28)22(29)27-13-11-26(12-14-27)16-17-3-7-25-8-4-17/h1-4,7-8,15,18H,5-6,9-14,16H2. The van der Waals surface area contributed by atoms with Gasteiger partial charge in [-0.1, -0.05) is 23.2 Å². The summed E-state index contributed by atoms with van der Waals surface area (Å²) < 4.78 is 27.4. The van der Waals surface area contributed by atoms with Crippen LogP contribution in [0.4, 0.5) is 0 Å². The summed E-state index contributed by atoms with van der Waals surface area (Å²) in [5.74, 6) is -0.0190. The quantitative estimate of drug-likeness (QED) is 0.635. The normalized spacial score (nSPS) is 19.2. The number of carbonyl (C=O) groups is 1. The van der Waals surface area contributed by atoms with Crippen LogP contribution < -0.4 is 0 Å². The first-order valence-corrected chi connectivity index (χ1v) is 12.9. The van der Waals surface area contributed by atoms with E-state index in [1.807, 2.05) is 17.0 Å². The lowest BCUT2D eigenvalue weighted by Gasteiger charge is -2.38. The van der Waals surface area contributed by atoms with Crippen molar-refractivity contribution in [3.05, 3.63) is 58.3 Å². The van der Waals surface area contributed by atoms with E-state index in [1.165, 1.54) is 22.0 Å². The topological polar surface area (TPSA) is 73.8 Å². The average molecular weight is 497 g/mol. The molecule has 0 bridgehead atoms. The molecule has 2 aliphatic rings. The number of pyridine rings is 1. The van der Waals surface area contributed by atoms with Crippen LogP contribution in [0.15, 0.2) is 47.6 Å². The van der Waals surface area contributed by atoms with E-state index in [-0.39, 0.29) is 21.7 Å². The second kappa shape index (κ2) is 10.1. The number of piperazine rings is 1. The molecule has 0 N–H and O–H groups in total. The van der Waals surface area contributed by atoms with E-state index in [1.54, 1.807) is 18.5 Å². The maximum atomic E-state index is 13.0. The molecule has 10 heteroatoms. The van der Waals surface area contributed by atoms with Crippen molar-refractivity contribution in [2.75, 3.05) is 39.3 Å². The largest absolute Gasteiger partial charge is 0.340 e. The van der Waals surface area contributed by atoms with Crippen LogP contribution in [-0.4, -0.2) is 72.7 Å². The molecule has 1 aromatic heterocycles. The molecule has 1 aromatic carbocycles. The van der Waals surface area contributed by atoms with Gasteiger partial charge in [0.05, 0.1) is 5.02 Å². The molecule has 0 aliphatic carbocycles. The highest BCUT2D eigenvalue weighted by Gasteiger charge is 2.35. The lowest BCUT2D eigenvalue weighted by atomic mass is 9.96. The number of hydrogen-bond donors (Lipinski definition) is 0. The summed E-state index contributed by atoms with van der Waals surface area (Å²) in [6.07, 6.45) is 4.60. The van der Waals surface area contributed by atoms with Gasteiger partial charge in [-0.15, -0.1) is 0 Å². The first kappa shape index (κ1) is 23.4. The van der Waals surface area contributed by atoms with Crippen molar-refractivity contribution < 1.29 is 13.2 Å². The third-order valence-corrected chi connectivity index (χ3v) is 8.77. The summed E-state index contributed by atoms with van der Waals surface area (Å²) in [6, 6.07) is 8.44. The van der Waals surface area contributed by atoms with E-state index >= 15 is 0 Å². The molecular formula is C22H26Cl2N4O3S. The van der Waals surface area contributed by atoms with Crippen LogP contribution in [0.3, 0.4) is 0 Å². The summed E-state index contributed by atoms with van der Waals surface area (Å²) >= 11 is 12.1. The van der Waals surface area contributed by atoms with Crippen molar-refractivity contribution in [3.8, 4) is 0 Å². The number of amides is 1. The Hall–Kier alpha value is -1.71. The number of aromatic nitrogens is 1. The van der Waals surface area contributed by atoms with E-state index in [9.17, 15) is 13.2 Å². The van der Waals surface area contributed by atoms with E-state index < -0.39 is 10.0 Å². The van der Waals surface area contributed by atoms with Crippen LogP contribution in [0.5, 0.6) is 0 Å². The number of carbonyl (C=O) groups excluding carboxylic acids is 1. The SMILES string of the molecule is O=C(C1CCN(S(=O)(=O)c2cc(Cl)ccc2Cl)CC1)N1CCN(Cc2ccncc2)CC1. The van der Waals surface area contributed by atoms with Crippen molar-refractivity contribution in [1.29, 1.82) is 0 Å². The molecule has 2 fully saturated rings. The summed E-state index contributed by atoms with van der Waals surface area (Å²) in [5.41, 5.74) is 1.22. The van der Waals surface area contributed by atoms with Gasteiger partial charge in [-0.3, -0.25) is 14.7 Å². The van der Waals surface area contributed by atoms with E-state index in [4.69, 9.17) is 23.2 Å². The Morgan fingerprint density at radius 3 is 2.28 bits per heavy atom. The maximum Gasteiger partial charge on any atom is 0.244 e. The molecule has 3 heterocycles. The van der Waals surface area contributed by atoms with Gasteiger partial charge >= 0.3 is 0 Å². The van der Waals surface area contributed by atoms with Crippen LogP contribution in [-0.2, 0) is 21.4 Å². The third-order valence-electron chi connectivity index (χ3n) is 6.15. The Balaban J connectivity index is 1.30. The van der Waals surface area contributed by atoms with Gasteiger partial charge in [0.15, 0.2) is 0 Å². The summed E-state index contributed by atoms with van der Waals surface area (Å²) in [4.78, 5) is 21.4. The predicted molar refractivity (Wildman–Crippen MR) is 124 cm³/mol. The molecule has 172 valence electrons. The average Bonchev–Trinajstić information content (AvgIpc) is 2.81. The van der Waals surface area contributed by atoms with Gasteiger partial charge in [0.1, 0.15) is 4.90 Å². The highest BCUT2D eigenvalue weighted by atomic mass is 35.5. The zero-order valence-corrected chi connectivity index (χ0v) is 20.0. The second-order valence-corrected chi connectivity index (χ2v) is 11.0. The number of benzene rings is 1. The molecule has 32 heavy (non-hydrogen) atoms. The Morgan fingerprint density at radius 1 is 0.969 bits per heavy atom. The molecule has 0 radical (unpaired) electrons. The monoisotopic (exact) mass is 496 g/mol. The van der Waals surface area contributed by atoms with Crippen LogP contribution >= 0.6 is 23.2 Å². The number of nitrogens with zero attached hydrogens (tertiary/aromatic N) is 4. The van der Waals surface area contributed by atoms with Crippen molar-refractivity contribution >= 4 is 39.1 Å². The Morgan fingerprint density at radius 2 is 1.62 bits per heavy atom. The molecule has 0 atom stereocenters. The molecule has 2 saturated heterocycles. The molecule has 2 aromatic rings. The van der Waals surface area contributed by atoms with Gasteiger partial charge < -0.3 is 4.90 Å². The maximum absolute atomic E-state index is 13.0. The van der Waals surface area contributed by atoms with Crippen molar-refractivity contribution in [2.24, 2.45) is 5.92 Å². The lowest BCUT2D eigenvalue weighted by Crippen LogP contribution is -2.51. The fourth-order valence-corrected chi connectivity index (χ4v) is 6.49. The number of sulfonamides is 1. The zero-order chi connectivity index (χ0) is 22.7. The molecule has 0 unspecified atom stereocenters. The van der Waals surface area contributed by atoms with Crippen LogP contribution in [0, 0.1) is 5.92 Å². The van der Waals surface area contributed by atoms with Gasteiger partial charge in [0.25, 0.3) is 0 Å². The Kier molecular flexibility index (Phi) is 7.37. The Bertz CT molecular complexity index is 1050. The van der Waals surface area contributed by atoms with Gasteiger partial charge in [-0.2, -0.15) is 4.31 Å². The highest BCUT2D eigenvalue weighted by Crippen LogP contribution is 2.31. The molecule has 7 nitrogen and oxygen atoms in total. The summed E-state index contributed by atoms with van der Waals surface area (Å²) in [6.45, 7) is 4.49. The van der Waals surface area contributed by atoms with Crippen molar-refractivity contribution in [1.82, 2.24) is 19.1 Å². The van der Waals surface area contributed by atoms with E-state index in [0.29, 0.717) is 44.0 Å². The first-order chi connectivity index (χ1) is 15.3. The molecule has 1 amide bonds. The van der Waals surface area contributed by atoms with Gasteiger partial charge in [-0.25, -0.2) is 8.42 Å². The van der Waals surface area contributed by atoms with Crippen LogP contribution in [0.2, 0.25) is 10.0 Å². The number of piperidine rings is 1. The van der Waals surface area contributed by atoms with E-state index in [0.717, 1.165) is 19.6 Å². The minimum atomic E-state index is -3.75. The van der Waals surface area contributed by atoms with Crippen molar-refractivity contribution in [2.45, 2.75) is 24.3 Å². The fourth-order valence-electron chi connectivity index (χ4n) is 4.29. The summed E-state index contributed by atoms with van der Waals surface area (Å²) in [5, 5.41) is 0.471. The minimum Gasteiger partial charge on any atom is -0.340 e. The lowest BCUT2D eigenvalue weighted by molar-refractivity contribution is -0.138. The highest BCUT2D eigenvalue weighted by molar-refractivity contribution is 7.89. The fraction of sp³-hybridized carbons (Fsp3) is 0.455.